The molecule has 0 saturated heterocycles. The van der Waals surface area contributed by atoms with Gasteiger partial charge in [-0.05, 0) is 46.4 Å². The maximum atomic E-state index is 6.56. The van der Waals surface area contributed by atoms with Crippen molar-refractivity contribution in [2.24, 2.45) is 0 Å². The van der Waals surface area contributed by atoms with E-state index in [4.69, 9.17) is 11.6 Å². The van der Waals surface area contributed by atoms with Gasteiger partial charge in [-0.25, -0.2) is 0 Å². The van der Waals surface area contributed by atoms with E-state index in [0.29, 0.717) is 0 Å². The summed E-state index contributed by atoms with van der Waals surface area (Å²) in [4.78, 5) is 2.64. The molecule has 3 heteroatoms. The van der Waals surface area contributed by atoms with Crippen LogP contribution in [-0.4, -0.2) is 0 Å². The van der Waals surface area contributed by atoms with Crippen LogP contribution in [0.3, 0.4) is 0 Å². The van der Waals surface area contributed by atoms with Gasteiger partial charge in [0, 0.05) is 9.75 Å². The molecule has 0 saturated carbocycles. The largest absolute Gasteiger partial charge is 0.152 e. The van der Waals surface area contributed by atoms with Crippen molar-refractivity contribution in [3.05, 3.63) is 43.8 Å². The lowest BCUT2D eigenvalue weighted by molar-refractivity contribution is 0.604. The van der Waals surface area contributed by atoms with Gasteiger partial charge in [0.1, 0.15) is 0 Å². The number of hydrogen-bond donors (Lipinski definition) is 0. The molecule has 0 N–H and O–H groups in total. The Balaban J connectivity index is 2.30. The minimum atomic E-state index is 0.00218. The summed E-state index contributed by atoms with van der Waals surface area (Å²) in [7, 11) is 0. The minimum Gasteiger partial charge on any atom is -0.152 e. The van der Waals surface area contributed by atoms with Crippen LogP contribution in [0.15, 0.2) is 22.9 Å². The normalized spacial score (nSPS) is 13.9. The van der Waals surface area contributed by atoms with Gasteiger partial charge < -0.3 is 0 Å². The van der Waals surface area contributed by atoms with Crippen molar-refractivity contribution < 1.29 is 0 Å². The van der Waals surface area contributed by atoms with Crippen molar-refractivity contribution in [1.82, 2.24) is 0 Å². The fourth-order valence-electron chi connectivity index (χ4n) is 1.68. The van der Waals surface area contributed by atoms with Crippen LogP contribution in [-0.2, 0) is 5.41 Å². The average molecular weight is 285 g/mol. The number of halogens is 1. The summed E-state index contributed by atoms with van der Waals surface area (Å²) in [6.07, 6.45) is 0. The van der Waals surface area contributed by atoms with Crippen LogP contribution in [0.1, 0.15) is 47.0 Å². The highest BCUT2D eigenvalue weighted by Gasteiger charge is 2.20. The molecule has 92 valence electrons. The standard InChI is InChI=1S/C14H17ClS2/c1-9-7-16-8-10(9)13(15)11-5-6-12(17-11)14(2,3)4/h5-8,13H,1-4H3. The number of alkyl halides is 1. The van der Waals surface area contributed by atoms with Crippen LogP contribution in [0.2, 0.25) is 0 Å². The highest BCUT2D eigenvalue weighted by atomic mass is 35.5. The molecule has 1 atom stereocenters. The molecule has 2 heterocycles. The lowest BCUT2D eigenvalue weighted by atomic mass is 9.95. The van der Waals surface area contributed by atoms with Crippen molar-refractivity contribution in [1.29, 1.82) is 0 Å². The van der Waals surface area contributed by atoms with Crippen molar-refractivity contribution in [2.45, 2.75) is 38.5 Å². The molecule has 2 aromatic heterocycles. The van der Waals surface area contributed by atoms with Crippen molar-refractivity contribution in [3.63, 3.8) is 0 Å². The van der Waals surface area contributed by atoms with Gasteiger partial charge in [-0.3, -0.25) is 0 Å². The Labute approximate surface area is 116 Å². The van der Waals surface area contributed by atoms with Crippen molar-refractivity contribution in [2.75, 3.05) is 0 Å². The van der Waals surface area contributed by atoms with Crippen LogP contribution in [0.4, 0.5) is 0 Å². The molecule has 2 aromatic rings. The minimum absolute atomic E-state index is 0.00218. The Morgan fingerprint density at radius 1 is 1.18 bits per heavy atom. The zero-order chi connectivity index (χ0) is 12.6. The van der Waals surface area contributed by atoms with E-state index in [1.165, 1.54) is 20.9 Å². The van der Waals surface area contributed by atoms with Gasteiger partial charge in [0.15, 0.2) is 0 Å². The third-order valence-corrected chi connectivity index (χ3v) is 5.84. The van der Waals surface area contributed by atoms with E-state index in [0.717, 1.165) is 0 Å². The summed E-state index contributed by atoms with van der Waals surface area (Å²) in [5.41, 5.74) is 2.75. The van der Waals surface area contributed by atoms with Gasteiger partial charge in [-0.2, -0.15) is 11.3 Å². The summed E-state index contributed by atoms with van der Waals surface area (Å²) in [6, 6.07) is 4.37. The first-order chi connectivity index (χ1) is 7.89. The molecule has 17 heavy (non-hydrogen) atoms. The highest BCUT2D eigenvalue weighted by molar-refractivity contribution is 7.12. The zero-order valence-corrected chi connectivity index (χ0v) is 13.0. The maximum Gasteiger partial charge on any atom is 0.0938 e. The molecule has 0 radical (unpaired) electrons. The third kappa shape index (κ3) is 2.75. The van der Waals surface area contributed by atoms with E-state index in [2.05, 4.69) is 50.6 Å². The fourth-order valence-corrected chi connectivity index (χ4v) is 4.13. The van der Waals surface area contributed by atoms with E-state index in [9.17, 15) is 0 Å². The molecule has 0 aliphatic carbocycles. The molecule has 0 aromatic carbocycles. The van der Waals surface area contributed by atoms with Crippen LogP contribution in [0.25, 0.3) is 0 Å². The molecule has 1 unspecified atom stereocenters. The van der Waals surface area contributed by atoms with Crippen LogP contribution >= 0.6 is 34.3 Å². The summed E-state index contributed by atoms with van der Waals surface area (Å²) >= 11 is 10.1. The van der Waals surface area contributed by atoms with Crippen molar-refractivity contribution >= 4 is 34.3 Å². The Kier molecular flexibility index (Phi) is 3.67. The Bertz CT molecular complexity index is 502. The van der Waals surface area contributed by atoms with Gasteiger partial charge in [0.05, 0.1) is 5.38 Å². The van der Waals surface area contributed by atoms with Gasteiger partial charge in [0.2, 0.25) is 0 Å². The Morgan fingerprint density at radius 3 is 2.35 bits per heavy atom. The van der Waals surface area contributed by atoms with E-state index in [1.807, 2.05) is 11.3 Å². The predicted molar refractivity (Wildman–Crippen MR) is 79.8 cm³/mol. The summed E-state index contributed by atoms with van der Waals surface area (Å²) in [5, 5.41) is 4.31. The number of aryl methyl sites for hydroxylation is 1. The van der Waals surface area contributed by atoms with E-state index in [1.54, 1.807) is 11.3 Å². The van der Waals surface area contributed by atoms with Gasteiger partial charge in [0.25, 0.3) is 0 Å². The molecule has 0 spiro atoms. The SMILES string of the molecule is Cc1cscc1C(Cl)c1ccc(C(C)(C)C)s1. The molecular formula is C14H17ClS2. The second-order valence-electron chi connectivity index (χ2n) is 5.32. The van der Waals surface area contributed by atoms with Gasteiger partial charge >= 0.3 is 0 Å². The van der Waals surface area contributed by atoms with Gasteiger partial charge in [-0.1, -0.05) is 20.8 Å². The maximum absolute atomic E-state index is 6.56. The number of thiophene rings is 2. The monoisotopic (exact) mass is 284 g/mol. The lowest BCUT2D eigenvalue weighted by Crippen LogP contribution is -2.07. The summed E-state index contributed by atoms with van der Waals surface area (Å²) < 4.78 is 0. The summed E-state index contributed by atoms with van der Waals surface area (Å²) in [6.45, 7) is 8.84. The van der Waals surface area contributed by atoms with E-state index < -0.39 is 0 Å². The molecule has 0 aliphatic rings. The van der Waals surface area contributed by atoms with E-state index >= 15 is 0 Å². The smallest absolute Gasteiger partial charge is 0.0938 e. The second kappa shape index (κ2) is 4.75. The van der Waals surface area contributed by atoms with E-state index in [-0.39, 0.29) is 10.8 Å². The quantitative estimate of drug-likeness (QED) is 0.617. The first-order valence-corrected chi connectivity index (χ1v) is 7.86. The first kappa shape index (κ1) is 13.1. The number of rotatable bonds is 2. The Morgan fingerprint density at radius 2 is 1.88 bits per heavy atom. The molecular weight excluding hydrogens is 268 g/mol. The number of hydrogen-bond acceptors (Lipinski definition) is 2. The van der Waals surface area contributed by atoms with Crippen molar-refractivity contribution in [3.8, 4) is 0 Å². The molecule has 0 aliphatic heterocycles. The molecule has 0 amide bonds. The topological polar surface area (TPSA) is 0 Å². The Hall–Kier alpha value is -0.310. The zero-order valence-electron chi connectivity index (χ0n) is 10.6. The highest BCUT2D eigenvalue weighted by Crippen LogP contribution is 2.39. The predicted octanol–water partition coefficient (Wildman–Crippen LogP) is 5.74. The van der Waals surface area contributed by atoms with Gasteiger partial charge in [-0.15, -0.1) is 22.9 Å². The first-order valence-electron chi connectivity index (χ1n) is 5.66. The molecule has 0 fully saturated rings. The summed E-state index contributed by atoms with van der Waals surface area (Å²) in [5.74, 6) is 0. The van der Waals surface area contributed by atoms with Crippen LogP contribution < -0.4 is 0 Å². The molecule has 0 nitrogen and oxygen atoms in total. The van der Waals surface area contributed by atoms with Crippen LogP contribution in [0.5, 0.6) is 0 Å². The second-order valence-corrected chi connectivity index (χ2v) is 7.62. The third-order valence-electron chi connectivity index (χ3n) is 2.78. The molecule has 2 rings (SSSR count). The lowest BCUT2D eigenvalue weighted by Gasteiger charge is -2.15. The van der Waals surface area contributed by atoms with Crippen LogP contribution in [0, 0.1) is 6.92 Å². The average Bonchev–Trinajstić information content (AvgIpc) is 2.83. The molecule has 0 bridgehead atoms. The fraction of sp³-hybridized carbons (Fsp3) is 0.429.